The number of nitrogens with zero attached hydrogens (tertiary/aromatic N) is 1. The Balaban J connectivity index is 2.69. The zero-order valence-corrected chi connectivity index (χ0v) is 13.0. The second-order valence-electron chi connectivity index (χ2n) is 5.54. The number of unbranched alkanes of at least 4 members (excludes halogenated alkanes) is 1. The standard InChI is InChI=1S/C13H26N2O3S/c1-4-5-10-19(17,18)14-12(11(2)3)13(16)15-8-6-7-9-15/h11-12,14H,4-10H2,1-3H3/t12-/m1/s1. The number of rotatable bonds is 7. The molecule has 1 atom stereocenters. The van der Waals surface area contributed by atoms with Gasteiger partial charge in [-0.05, 0) is 25.2 Å². The lowest BCUT2D eigenvalue weighted by Crippen LogP contribution is -2.50. The van der Waals surface area contributed by atoms with Crippen LogP contribution in [0.15, 0.2) is 0 Å². The summed E-state index contributed by atoms with van der Waals surface area (Å²) in [6.45, 7) is 7.20. The third kappa shape index (κ3) is 5.10. The molecule has 0 saturated carbocycles. The number of hydrogen-bond acceptors (Lipinski definition) is 3. The van der Waals surface area contributed by atoms with Crippen LogP contribution < -0.4 is 4.72 Å². The maximum atomic E-state index is 12.3. The Kier molecular flexibility index (Phi) is 6.26. The van der Waals surface area contributed by atoms with Gasteiger partial charge in [0.25, 0.3) is 0 Å². The molecule has 6 heteroatoms. The first-order valence-corrected chi connectivity index (χ1v) is 8.81. The molecule has 19 heavy (non-hydrogen) atoms. The minimum absolute atomic E-state index is 0.0375. The Hall–Kier alpha value is -0.620. The van der Waals surface area contributed by atoms with Gasteiger partial charge < -0.3 is 4.90 Å². The smallest absolute Gasteiger partial charge is 0.241 e. The van der Waals surface area contributed by atoms with Crippen LogP contribution >= 0.6 is 0 Å². The van der Waals surface area contributed by atoms with Crippen LogP contribution in [0.2, 0.25) is 0 Å². The predicted molar refractivity (Wildman–Crippen MR) is 76.3 cm³/mol. The molecule has 1 N–H and O–H groups in total. The third-order valence-electron chi connectivity index (χ3n) is 3.42. The van der Waals surface area contributed by atoms with Crippen molar-refractivity contribution in [3.8, 4) is 0 Å². The molecule has 1 fully saturated rings. The van der Waals surface area contributed by atoms with Crippen LogP contribution in [0.5, 0.6) is 0 Å². The van der Waals surface area contributed by atoms with Gasteiger partial charge in [0.05, 0.1) is 5.75 Å². The highest BCUT2D eigenvalue weighted by Gasteiger charge is 2.31. The highest BCUT2D eigenvalue weighted by molar-refractivity contribution is 7.89. The van der Waals surface area contributed by atoms with Gasteiger partial charge in [-0.15, -0.1) is 0 Å². The van der Waals surface area contributed by atoms with E-state index >= 15 is 0 Å². The molecular formula is C13H26N2O3S. The van der Waals surface area contributed by atoms with Crippen LogP contribution in [0.3, 0.4) is 0 Å². The molecule has 1 heterocycles. The summed E-state index contributed by atoms with van der Waals surface area (Å²) in [6, 6.07) is -0.625. The van der Waals surface area contributed by atoms with Crippen molar-refractivity contribution in [3.63, 3.8) is 0 Å². The number of likely N-dealkylation sites (tertiary alicyclic amines) is 1. The molecule has 0 aromatic carbocycles. The molecule has 0 unspecified atom stereocenters. The Morgan fingerprint density at radius 2 is 1.84 bits per heavy atom. The highest BCUT2D eigenvalue weighted by atomic mass is 32.2. The Labute approximate surface area is 116 Å². The topological polar surface area (TPSA) is 66.5 Å². The van der Waals surface area contributed by atoms with Gasteiger partial charge in [0.2, 0.25) is 15.9 Å². The number of nitrogens with one attached hydrogen (secondary N) is 1. The van der Waals surface area contributed by atoms with Crippen LogP contribution in [-0.2, 0) is 14.8 Å². The van der Waals surface area contributed by atoms with Gasteiger partial charge in [0.1, 0.15) is 6.04 Å². The summed E-state index contributed by atoms with van der Waals surface area (Å²) in [7, 11) is -3.36. The number of carbonyl (C=O) groups is 1. The molecule has 1 saturated heterocycles. The summed E-state index contributed by atoms with van der Waals surface area (Å²) in [6.07, 6.45) is 3.48. The summed E-state index contributed by atoms with van der Waals surface area (Å²) < 4.78 is 26.5. The van der Waals surface area contributed by atoms with Crippen molar-refractivity contribution in [1.29, 1.82) is 0 Å². The van der Waals surface area contributed by atoms with Crippen molar-refractivity contribution < 1.29 is 13.2 Å². The van der Waals surface area contributed by atoms with Crippen LogP contribution in [0, 0.1) is 5.92 Å². The Morgan fingerprint density at radius 3 is 2.32 bits per heavy atom. The summed E-state index contributed by atoms with van der Waals surface area (Å²) in [4.78, 5) is 14.1. The Morgan fingerprint density at radius 1 is 1.26 bits per heavy atom. The van der Waals surface area contributed by atoms with E-state index in [0.717, 1.165) is 32.4 Å². The van der Waals surface area contributed by atoms with Gasteiger partial charge in [0, 0.05) is 13.1 Å². The second-order valence-corrected chi connectivity index (χ2v) is 7.42. The predicted octanol–water partition coefficient (Wildman–Crippen LogP) is 1.35. The van der Waals surface area contributed by atoms with Crippen molar-refractivity contribution >= 4 is 15.9 Å². The van der Waals surface area contributed by atoms with Gasteiger partial charge in [-0.25, -0.2) is 13.1 Å². The lowest BCUT2D eigenvalue weighted by Gasteiger charge is -2.26. The van der Waals surface area contributed by atoms with Gasteiger partial charge in [-0.1, -0.05) is 27.2 Å². The van der Waals surface area contributed by atoms with E-state index in [0.29, 0.717) is 6.42 Å². The van der Waals surface area contributed by atoms with E-state index in [-0.39, 0.29) is 17.6 Å². The molecular weight excluding hydrogens is 264 g/mol. The fraction of sp³-hybridized carbons (Fsp3) is 0.923. The van der Waals surface area contributed by atoms with E-state index < -0.39 is 16.1 Å². The third-order valence-corrected chi connectivity index (χ3v) is 4.86. The molecule has 0 radical (unpaired) electrons. The lowest BCUT2D eigenvalue weighted by molar-refractivity contribution is -0.132. The van der Waals surface area contributed by atoms with Crippen molar-refractivity contribution in [2.45, 2.75) is 52.5 Å². The maximum Gasteiger partial charge on any atom is 0.241 e. The number of hydrogen-bond donors (Lipinski definition) is 1. The molecule has 0 aromatic rings. The molecule has 0 bridgehead atoms. The minimum Gasteiger partial charge on any atom is -0.341 e. The normalized spacial score (nSPS) is 18.0. The van der Waals surface area contributed by atoms with E-state index in [1.54, 1.807) is 4.90 Å². The summed E-state index contributed by atoms with van der Waals surface area (Å²) in [5.74, 6) is -0.0166. The summed E-state index contributed by atoms with van der Waals surface area (Å²) in [5, 5.41) is 0. The Bertz CT molecular complexity index is 387. The largest absolute Gasteiger partial charge is 0.341 e. The van der Waals surface area contributed by atoms with E-state index in [1.165, 1.54) is 0 Å². The van der Waals surface area contributed by atoms with Crippen LogP contribution in [0.1, 0.15) is 46.5 Å². The monoisotopic (exact) mass is 290 g/mol. The zero-order chi connectivity index (χ0) is 14.5. The number of amides is 1. The van der Waals surface area contributed by atoms with E-state index in [2.05, 4.69) is 4.72 Å². The molecule has 1 amide bonds. The second kappa shape index (κ2) is 7.24. The van der Waals surface area contributed by atoms with Crippen molar-refractivity contribution in [2.24, 2.45) is 5.92 Å². The molecule has 1 aliphatic heterocycles. The SMILES string of the molecule is CCCCS(=O)(=O)N[C@@H](C(=O)N1CCCC1)C(C)C. The van der Waals surface area contributed by atoms with E-state index in [1.807, 2.05) is 20.8 Å². The first-order valence-electron chi connectivity index (χ1n) is 7.16. The highest BCUT2D eigenvalue weighted by Crippen LogP contribution is 2.14. The van der Waals surface area contributed by atoms with Gasteiger partial charge in [-0.2, -0.15) is 0 Å². The fourth-order valence-corrected chi connectivity index (χ4v) is 3.74. The van der Waals surface area contributed by atoms with Crippen LogP contribution in [0.4, 0.5) is 0 Å². The average Bonchev–Trinajstić information content (AvgIpc) is 2.86. The van der Waals surface area contributed by atoms with E-state index in [4.69, 9.17) is 0 Å². The average molecular weight is 290 g/mol. The molecule has 5 nitrogen and oxygen atoms in total. The maximum absolute atomic E-state index is 12.3. The minimum atomic E-state index is -3.36. The molecule has 0 spiro atoms. The van der Waals surface area contributed by atoms with E-state index in [9.17, 15) is 13.2 Å². The van der Waals surface area contributed by atoms with Crippen LogP contribution in [-0.4, -0.2) is 44.1 Å². The molecule has 1 rings (SSSR count). The first kappa shape index (κ1) is 16.4. The molecule has 1 aliphatic rings. The quantitative estimate of drug-likeness (QED) is 0.769. The number of sulfonamides is 1. The lowest BCUT2D eigenvalue weighted by atomic mass is 10.0. The first-order chi connectivity index (χ1) is 8.87. The van der Waals surface area contributed by atoms with Crippen molar-refractivity contribution in [1.82, 2.24) is 9.62 Å². The molecule has 0 aromatic heterocycles. The number of carbonyl (C=O) groups excluding carboxylic acids is 1. The summed E-state index contributed by atoms with van der Waals surface area (Å²) in [5.41, 5.74) is 0. The fourth-order valence-electron chi connectivity index (χ4n) is 2.19. The summed E-state index contributed by atoms with van der Waals surface area (Å²) >= 11 is 0. The molecule has 0 aliphatic carbocycles. The van der Waals surface area contributed by atoms with Gasteiger partial charge in [-0.3, -0.25) is 4.79 Å². The van der Waals surface area contributed by atoms with Crippen molar-refractivity contribution in [2.75, 3.05) is 18.8 Å². The molecule has 112 valence electrons. The van der Waals surface area contributed by atoms with Crippen LogP contribution in [0.25, 0.3) is 0 Å². The zero-order valence-electron chi connectivity index (χ0n) is 12.2. The van der Waals surface area contributed by atoms with Gasteiger partial charge in [0.15, 0.2) is 0 Å². The van der Waals surface area contributed by atoms with Crippen molar-refractivity contribution in [3.05, 3.63) is 0 Å². The van der Waals surface area contributed by atoms with Gasteiger partial charge >= 0.3 is 0 Å².